The summed E-state index contributed by atoms with van der Waals surface area (Å²) in [6.07, 6.45) is 1.07. The van der Waals surface area contributed by atoms with E-state index in [1.54, 1.807) is 13.8 Å². The third-order valence-electron chi connectivity index (χ3n) is 4.35. The average Bonchev–Trinajstić information content (AvgIpc) is 2.65. The molecule has 0 aliphatic rings. The Kier molecular flexibility index (Phi) is 6.91. The molecule has 0 aromatic heterocycles. The van der Waals surface area contributed by atoms with Crippen molar-refractivity contribution in [1.29, 1.82) is 0 Å². The highest BCUT2D eigenvalue weighted by Gasteiger charge is 2.32. The summed E-state index contributed by atoms with van der Waals surface area (Å²) in [5.74, 6) is -0.978. The standard InChI is InChI=1S/C19H22FN3O5S/c1-4-18(19(24)21-13(2)14-8-10-15(20)11-9-14)22(29(3,27)28)16-6-5-7-17(12-16)23(25)26/h5-13,18H,4H2,1-3H3,(H,21,24). The van der Waals surface area contributed by atoms with Crippen molar-refractivity contribution in [2.75, 3.05) is 10.6 Å². The lowest BCUT2D eigenvalue weighted by atomic mass is 10.1. The van der Waals surface area contributed by atoms with Gasteiger partial charge < -0.3 is 5.32 Å². The van der Waals surface area contributed by atoms with Crippen molar-refractivity contribution in [2.45, 2.75) is 32.4 Å². The molecule has 0 fully saturated rings. The zero-order valence-corrected chi connectivity index (χ0v) is 17.0. The number of hydrogen-bond donors (Lipinski definition) is 1. The minimum Gasteiger partial charge on any atom is -0.348 e. The minimum atomic E-state index is -3.92. The van der Waals surface area contributed by atoms with E-state index >= 15 is 0 Å². The number of nitrogens with zero attached hydrogens (tertiary/aromatic N) is 2. The predicted octanol–water partition coefficient (Wildman–Crippen LogP) is 3.16. The van der Waals surface area contributed by atoms with E-state index in [0.29, 0.717) is 5.56 Å². The van der Waals surface area contributed by atoms with Gasteiger partial charge in [0.25, 0.3) is 5.69 Å². The zero-order valence-electron chi connectivity index (χ0n) is 16.2. The van der Waals surface area contributed by atoms with E-state index in [2.05, 4.69) is 5.32 Å². The monoisotopic (exact) mass is 423 g/mol. The van der Waals surface area contributed by atoms with E-state index in [9.17, 15) is 27.7 Å². The Morgan fingerprint density at radius 1 is 1.24 bits per heavy atom. The molecule has 156 valence electrons. The van der Waals surface area contributed by atoms with Gasteiger partial charge in [-0.3, -0.25) is 19.2 Å². The lowest BCUT2D eigenvalue weighted by Crippen LogP contribution is -2.49. The molecule has 0 aliphatic heterocycles. The number of nitro benzene ring substituents is 1. The van der Waals surface area contributed by atoms with Crippen molar-refractivity contribution in [1.82, 2.24) is 5.32 Å². The van der Waals surface area contributed by atoms with Crippen molar-refractivity contribution in [2.24, 2.45) is 0 Å². The Balaban J connectivity index is 2.35. The largest absolute Gasteiger partial charge is 0.348 e. The van der Waals surface area contributed by atoms with Crippen LogP contribution in [0.25, 0.3) is 0 Å². The van der Waals surface area contributed by atoms with Crippen molar-refractivity contribution in [3.63, 3.8) is 0 Å². The maximum atomic E-state index is 13.1. The van der Waals surface area contributed by atoms with Gasteiger partial charge in [0.1, 0.15) is 11.9 Å². The molecule has 2 unspecified atom stereocenters. The molecule has 29 heavy (non-hydrogen) atoms. The van der Waals surface area contributed by atoms with Crippen LogP contribution in [0.4, 0.5) is 15.8 Å². The molecule has 0 spiro atoms. The molecule has 0 aliphatic carbocycles. The van der Waals surface area contributed by atoms with Crippen molar-refractivity contribution in [3.05, 3.63) is 70.0 Å². The number of anilines is 1. The molecule has 1 N–H and O–H groups in total. The molecule has 0 heterocycles. The van der Waals surface area contributed by atoms with E-state index in [4.69, 9.17) is 0 Å². The van der Waals surface area contributed by atoms with Gasteiger partial charge in [0, 0.05) is 12.1 Å². The van der Waals surface area contributed by atoms with Gasteiger partial charge in [-0.05, 0) is 37.1 Å². The molecule has 2 aromatic carbocycles. The fraction of sp³-hybridized carbons (Fsp3) is 0.316. The highest BCUT2D eigenvalue weighted by molar-refractivity contribution is 7.92. The number of amides is 1. The predicted molar refractivity (Wildman–Crippen MR) is 107 cm³/mol. The lowest BCUT2D eigenvalue weighted by molar-refractivity contribution is -0.384. The number of benzene rings is 2. The topological polar surface area (TPSA) is 110 Å². The Labute approximate surface area is 168 Å². The first-order valence-electron chi connectivity index (χ1n) is 8.84. The maximum absolute atomic E-state index is 13.1. The molecular weight excluding hydrogens is 401 g/mol. The summed E-state index contributed by atoms with van der Waals surface area (Å²) in [5.41, 5.74) is 0.389. The molecule has 0 saturated carbocycles. The summed E-state index contributed by atoms with van der Waals surface area (Å²) < 4.78 is 38.9. The maximum Gasteiger partial charge on any atom is 0.271 e. The van der Waals surface area contributed by atoms with Crippen LogP contribution in [-0.2, 0) is 14.8 Å². The van der Waals surface area contributed by atoms with Crippen LogP contribution in [0.15, 0.2) is 48.5 Å². The number of halogens is 1. The van der Waals surface area contributed by atoms with Crippen molar-refractivity contribution in [3.8, 4) is 0 Å². The minimum absolute atomic E-state index is 0.0261. The van der Waals surface area contributed by atoms with Crippen LogP contribution < -0.4 is 9.62 Å². The highest BCUT2D eigenvalue weighted by atomic mass is 32.2. The van der Waals surface area contributed by atoms with Gasteiger partial charge in [-0.15, -0.1) is 0 Å². The van der Waals surface area contributed by atoms with Gasteiger partial charge in [0.2, 0.25) is 15.9 Å². The van der Waals surface area contributed by atoms with Crippen LogP contribution in [0.3, 0.4) is 0 Å². The highest BCUT2D eigenvalue weighted by Crippen LogP contribution is 2.27. The number of rotatable bonds is 8. The van der Waals surface area contributed by atoms with Crippen LogP contribution in [0.1, 0.15) is 31.9 Å². The van der Waals surface area contributed by atoms with Crippen molar-refractivity contribution >= 4 is 27.3 Å². The number of nitro groups is 1. The molecule has 2 atom stereocenters. The van der Waals surface area contributed by atoms with E-state index in [1.807, 2.05) is 0 Å². The molecule has 2 rings (SSSR count). The summed E-state index contributed by atoms with van der Waals surface area (Å²) >= 11 is 0. The van der Waals surface area contributed by atoms with Crippen LogP contribution in [0, 0.1) is 15.9 Å². The SMILES string of the molecule is CCC(C(=O)NC(C)c1ccc(F)cc1)N(c1cccc([N+](=O)[O-])c1)S(C)(=O)=O. The van der Waals surface area contributed by atoms with Gasteiger partial charge in [0.05, 0.1) is 22.9 Å². The normalized spacial score (nSPS) is 13.4. The molecule has 8 nitrogen and oxygen atoms in total. The summed E-state index contributed by atoms with van der Waals surface area (Å²) in [6.45, 7) is 3.33. The first-order chi connectivity index (χ1) is 13.5. The Hall–Kier alpha value is -3.01. The molecule has 0 radical (unpaired) electrons. The Morgan fingerprint density at radius 2 is 1.86 bits per heavy atom. The van der Waals surface area contributed by atoms with Crippen LogP contribution in [0.5, 0.6) is 0 Å². The summed E-state index contributed by atoms with van der Waals surface area (Å²) in [4.78, 5) is 23.3. The first kappa shape index (κ1) is 22.3. The van der Waals surface area contributed by atoms with Gasteiger partial charge in [-0.25, -0.2) is 12.8 Å². The smallest absolute Gasteiger partial charge is 0.271 e. The van der Waals surface area contributed by atoms with E-state index < -0.39 is 38.8 Å². The number of nitrogens with one attached hydrogen (secondary N) is 1. The second kappa shape index (κ2) is 8.99. The van der Waals surface area contributed by atoms with Crippen LogP contribution in [0.2, 0.25) is 0 Å². The number of carbonyl (C=O) groups excluding carboxylic acids is 1. The third-order valence-corrected chi connectivity index (χ3v) is 5.53. The molecule has 2 aromatic rings. The van der Waals surface area contributed by atoms with Crippen LogP contribution >= 0.6 is 0 Å². The lowest BCUT2D eigenvalue weighted by Gasteiger charge is -2.31. The number of carbonyl (C=O) groups is 1. The molecule has 10 heteroatoms. The summed E-state index contributed by atoms with van der Waals surface area (Å²) in [6, 6.07) is 9.07. The van der Waals surface area contributed by atoms with Gasteiger partial charge in [-0.2, -0.15) is 0 Å². The molecule has 0 saturated heterocycles. The fourth-order valence-electron chi connectivity index (χ4n) is 2.95. The molecule has 0 bridgehead atoms. The Morgan fingerprint density at radius 3 is 2.38 bits per heavy atom. The number of hydrogen-bond acceptors (Lipinski definition) is 5. The Bertz CT molecular complexity index is 995. The third kappa shape index (κ3) is 5.50. The molecular formula is C19H22FN3O5S. The van der Waals surface area contributed by atoms with Gasteiger partial charge >= 0.3 is 0 Å². The van der Waals surface area contributed by atoms with E-state index in [1.165, 1.54) is 42.5 Å². The number of non-ortho nitro benzene ring substituents is 1. The quantitative estimate of drug-likeness (QED) is 0.518. The van der Waals surface area contributed by atoms with Crippen LogP contribution in [-0.4, -0.2) is 31.5 Å². The zero-order chi connectivity index (χ0) is 21.8. The van der Waals surface area contributed by atoms with E-state index in [-0.39, 0.29) is 17.8 Å². The fourth-order valence-corrected chi connectivity index (χ4v) is 4.15. The second-order valence-corrected chi connectivity index (χ2v) is 8.40. The average molecular weight is 423 g/mol. The van der Waals surface area contributed by atoms with Gasteiger partial charge in [-0.1, -0.05) is 25.1 Å². The summed E-state index contributed by atoms with van der Waals surface area (Å²) in [5, 5.41) is 13.8. The second-order valence-electron chi connectivity index (χ2n) is 6.54. The van der Waals surface area contributed by atoms with E-state index in [0.717, 1.165) is 16.6 Å². The summed E-state index contributed by atoms with van der Waals surface area (Å²) in [7, 11) is -3.92. The first-order valence-corrected chi connectivity index (χ1v) is 10.7. The number of sulfonamides is 1. The molecule has 1 amide bonds. The van der Waals surface area contributed by atoms with Gasteiger partial charge in [0.15, 0.2) is 0 Å². The van der Waals surface area contributed by atoms with Crippen molar-refractivity contribution < 1.29 is 22.5 Å².